The Bertz CT molecular complexity index is 607. The number of nitrogens with one attached hydrogen (secondary N) is 1. The van der Waals surface area contributed by atoms with Crippen LogP contribution in [-0.4, -0.2) is 21.0 Å². The third-order valence-corrected chi connectivity index (χ3v) is 2.80. The van der Waals surface area contributed by atoms with E-state index in [0.29, 0.717) is 12.4 Å². The largest absolute Gasteiger partial charge is 0.477 e. The maximum absolute atomic E-state index is 10.8. The van der Waals surface area contributed by atoms with E-state index >= 15 is 0 Å². The molecule has 0 saturated heterocycles. The zero-order chi connectivity index (χ0) is 14.5. The van der Waals surface area contributed by atoms with Crippen LogP contribution in [0.2, 0.25) is 0 Å². The van der Waals surface area contributed by atoms with Crippen LogP contribution in [0.1, 0.15) is 41.2 Å². The summed E-state index contributed by atoms with van der Waals surface area (Å²) in [6, 6.07) is 4.81. The van der Waals surface area contributed by atoms with E-state index in [1.54, 1.807) is 12.1 Å². The lowest BCUT2D eigenvalue weighted by atomic mass is 10.3. The van der Waals surface area contributed by atoms with Gasteiger partial charge in [-0.1, -0.05) is 13.0 Å². The van der Waals surface area contributed by atoms with Crippen molar-refractivity contribution in [3.63, 3.8) is 0 Å². The van der Waals surface area contributed by atoms with E-state index in [9.17, 15) is 4.79 Å². The van der Waals surface area contributed by atoms with E-state index in [1.165, 1.54) is 6.07 Å². The van der Waals surface area contributed by atoms with Gasteiger partial charge in [0.25, 0.3) is 0 Å². The standard InChI is InChI=1S/C14H17N3O3/c1-3-5-13-16-9(2)11(20-13)8-15-12-7-4-6-10(17-12)14(18)19/h4,6-7H,3,5,8H2,1-2H3,(H,15,17)(H,18,19). The molecule has 0 aliphatic carbocycles. The van der Waals surface area contributed by atoms with E-state index < -0.39 is 5.97 Å². The number of hydrogen-bond acceptors (Lipinski definition) is 5. The van der Waals surface area contributed by atoms with Gasteiger partial charge in [0, 0.05) is 6.42 Å². The highest BCUT2D eigenvalue weighted by atomic mass is 16.4. The molecule has 0 unspecified atom stereocenters. The molecular formula is C14H17N3O3. The minimum Gasteiger partial charge on any atom is -0.477 e. The highest BCUT2D eigenvalue weighted by molar-refractivity contribution is 5.85. The maximum Gasteiger partial charge on any atom is 0.354 e. The quantitative estimate of drug-likeness (QED) is 0.842. The Hall–Kier alpha value is -2.37. The van der Waals surface area contributed by atoms with Crippen molar-refractivity contribution in [1.29, 1.82) is 0 Å². The van der Waals surface area contributed by atoms with Crippen LogP contribution in [0.3, 0.4) is 0 Å². The lowest BCUT2D eigenvalue weighted by Crippen LogP contribution is -2.05. The van der Waals surface area contributed by atoms with Crippen molar-refractivity contribution in [2.24, 2.45) is 0 Å². The second-order valence-electron chi connectivity index (χ2n) is 4.43. The van der Waals surface area contributed by atoms with Gasteiger partial charge in [0.2, 0.25) is 0 Å². The summed E-state index contributed by atoms with van der Waals surface area (Å²) in [5.41, 5.74) is 0.853. The monoisotopic (exact) mass is 275 g/mol. The molecule has 0 amide bonds. The van der Waals surface area contributed by atoms with Gasteiger partial charge in [0.05, 0.1) is 12.2 Å². The van der Waals surface area contributed by atoms with Gasteiger partial charge in [0.1, 0.15) is 11.6 Å². The van der Waals surface area contributed by atoms with Crippen LogP contribution < -0.4 is 5.32 Å². The Balaban J connectivity index is 2.05. The Morgan fingerprint density at radius 3 is 2.90 bits per heavy atom. The number of nitrogens with zero attached hydrogens (tertiary/aromatic N) is 2. The van der Waals surface area contributed by atoms with E-state index in [4.69, 9.17) is 9.52 Å². The van der Waals surface area contributed by atoms with Gasteiger partial charge in [-0.15, -0.1) is 0 Å². The van der Waals surface area contributed by atoms with Crippen molar-refractivity contribution < 1.29 is 14.3 Å². The molecule has 0 aliphatic heterocycles. The zero-order valence-electron chi connectivity index (χ0n) is 11.5. The number of carboxylic acids is 1. The molecule has 0 spiro atoms. The summed E-state index contributed by atoms with van der Waals surface area (Å²) in [5.74, 6) is 0.928. The highest BCUT2D eigenvalue weighted by Gasteiger charge is 2.10. The molecule has 0 atom stereocenters. The van der Waals surface area contributed by atoms with Gasteiger partial charge in [0.15, 0.2) is 11.6 Å². The first kappa shape index (κ1) is 14.0. The second kappa shape index (κ2) is 6.18. The molecule has 0 radical (unpaired) electrons. The van der Waals surface area contributed by atoms with Gasteiger partial charge in [-0.05, 0) is 25.5 Å². The molecule has 106 valence electrons. The summed E-state index contributed by atoms with van der Waals surface area (Å²) in [4.78, 5) is 19.2. The van der Waals surface area contributed by atoms with E-state index in [0.717, 1.165) is 30.2 Å². The number of pyridine rings is 1. The fourth-order valence-electron chi connectivity index (χ4n) is 1.80. The van der Waals surface area contributed by atoms with Crippen LogP contribution in [0, 0.1) is 6.92 Å². The lowest BCUT2D eigenvalue weighted by Gasteiger charge is -2.04. The van der Waals surface area contributed by atoms with Gasteiger partial charge in [-0.3, -0.25) is 0 Å². The van der Waals surface area contributed by atoms with Gasteiger partial charge in [-0.25, -0.2) is 14.8 Å². The molecule has 0 saturated carbocycles. The molecule has 2 rings (SSSR count). The summed E-state index contributed by atoms with van der Waals surface area (Å²) in [6.07, 6.45) is 1.79. The number of aromatic nitrogens is 2. The molecule has 0 aromatic carbocycles. The number of aryl methyl sites for hydroxylation is 2. The summed E-state index contributed by atoms with van der Waals surface area (Å²) >= 11 is 0. The number of hydrogen-bond donors (Lipinski definition) is 2. The molecule has 2 aromatic heterocycles. The fraction of sp³-hybridized carbons (Fsp3) is 0.357. The fourth-order valence-corrected chi connectivity index (χ4v) is 1.80. The second-order valence-corrected chi connectivity index (χ2v) is 4.43. The zero-order valence-corrected chi connectivity index (χ0v) is 11.5. The van der Waals surface area contributed by atoms with Crippen molar-refractivity contribution in [3.05, 3.63) is 41.2 Å². The van der Waals surface area contributed by atoms with E-state index in [2.05, 4.69) is 22.2 Å². The third kappa shape index (κ3) is 3.34. The SMILES string of the molecule is CCCc1nc(C)c(CNc2cccc(C(=O)O)n2)o1. The highest BCUT2D eigenvalue weighted by Crippen LogP contribution is 2.14. The first-order chi connectivity index (χ1) is 9.60. The van der Waals surface area contributed by atoms with Crippen LogP contribution in [0.4, 0.5) is 5.82 Å². The molecule has 0 bridgehead atoms. The van der Waals surface area contributed by atoms with E-state index in [-0.39, 0.29) is 5.69 Å². The molecule has 2 N–H and O–H groups in total. The van der Waals surface area contributed by atoms with Crippen molar-refractivity contribution in [2.75, 3.05) is 5.32 Å². The summed E-state index contributed by atoms with van der Waals surface area (Å²) in [6.45, 7) is 4.39. The third-order valence-electron chi connectivity index (χ3n) is 2.80. The molecule has 0 aliphatic rings. The van der Waals surface area contributed by atoms with Crippen molar-refractivity contribution in [1.82, 2.24) is 9.97 Å². The Labute approximate surface area is 116 Å². The molecule has 6 heteroatoms. The van der Waals surface area contributed by atoms with Gasteiger partial charge >= 0.3 is 5.97 Å². The Morgan fingerprint density at radius 2 is 2.20 bits per heavy atom. The molecule has 2 heterocycles. The lowest BCUT2D eigenvalue weighted by molar-refractivity contribution is 0.0690. The average molecular weight is 275 g/mol. The van der Waals surface area contributed by atoms with Crippen molar-refractivity contribution in [2.45, 2.75) is 33.2 Å². The summed E-state index contributed by atoms with van der Waals surface area (Å²) < 4.78 is 5.64. The first-order valence-corrected chi connectivity index (χ1v) is 6.49. The summed E-state index contributed by atoms with van der Waals surface area (Å²) in [5, 5.41) is 11.9. The number of aromatic carboxylic acids is 1. The summed E-state index contributed by atoms with van der Waals surface area (Å²) in [7, 11) is 0. The Morgan fingerprint density at radius 1 is 1.40 bits per heavy atom. The molecule has 0 fully saturated rings. The Kier molecular flexibility index (Phi) is 4.34. The maximum atomic E-state index is 10.8. The van der Waals surface area contributed by atoms with Crippen LogP contribution >= 0.6 is 0 Å². The topological polar surface area (TPSA) is 88.2 Å². The van der Waals surface area contributed by atoms with Crippen LogP contribution in [0.25, 0.3) is 0 Å². The van der Waals surface area contributed by atoms with Gasteiger partial charge < -0.3 is 14.8 Å². The molecule has 2 aromatic rings. The smallest absolute Gasteiger partial charge is 0.354 e. The molecule has 20 heavy (non-hydrogen) atoms. The predicted molar refractivity (Wildman–Crippen MR) is 73.8 cm³/mol. The van der Waals surface area contributed by atoms with Crippen molar-refractivity contribution >= 4 is 11.8 Å². The van der Waals surface area contributed by atoms with Crippen LogP contribution in [0.15, 0.2) is 22.6 Å². The minimum absolute atomic E-state index is 0.0102. The molecule has 6 nitrogen and oxygen atoms in total. The van der Waals surface area contributed by atoms with Crippen molar-refractivity contribution in [3.8, 4) is 0 Å². The van der Waals surface area contributed by atoms with Crippen LogP contribution in [0.5, 0.6) is 0 Å². The number of carboxylic acid groups (broad SMARTS) is 1. The average Bonchev–Trinajstić information content (AvgIpc) is 2.77. The number of carbonyl (C=O) groups is 1. The number of anilines is 1. The van der Waals surface area contributed by atoms with Gasteiger partial charge in [-0.2, -0.15) is 0 Å². The number of rotatable bonds is 6. The minimum atomic E-state index is -1.05. The predicted octanol–water partition coefficient (Wildman–Crippen LogP) is 2.64. The number of oxazole rings is 1. The molecular weight excluding hydrogens is 258 g/mol. The van der Waals surface area contributed by atoms with E-state index in [1.807, 2.05) is 6.92 Å². The first-order valence-electron chi connectivity index (χ1n) is 6.49. The van der Waals surface area contributed by atoms with Crippen LogP contribution in [-0.2, 0) is 13.0 Å². The normalized spacial score (nSPS) is 10.5.